The molecule has 0 aromatic heterocycles. The van der Waals surface area contributed by atoms with Crippen molar-refractivity contribution in [1.82, 2.24) is 5.32 Å². The van der Waals surface area contributed by atoms with Gasteiger partial charge in [0.25, 0.3) is 11.8 Å². The number of amides is 2. The number of ketones is 1. The van der Waals surface area contributed by atoms with Crippen LogP contribution in [-0.4, -0.2) is 36.9 Å². The maximum absolute atomic E-state index is 12.2. The second-order valence-electron chi connectivity index (χ2n) is 6.25. The zero-order valence-corrected chi connectivity index (χ0v) is 15.7. The minimum absolute atomic E-state index is 0.0229. The summed E-state index contributed by atoms with van der Waals surface area (Å²) in [5.74, 6) is -1.25. The number of carbonyl (C=O) groups excluding carboxylic acids is 3. The van der Waals surface area contributed by atoms with Crippen LogP contribution in [0.25, 0.3) is 0 Å². The Hall–Kier alpha value is -3.36. The van der Waals surface area contributed by atoms with Crippen LogP contribution < -0.4 is 15.4 Å². The molecule has 0 spiro atoms. The predicted octanol–water partition coefficient (Wildman–Crippen LogP) is 3.51. The fourth-order valence-electron chi connectivity index (χ4n) is 2.32. The number of ether oxygens (including phenoxy) is 1. The van der Waals surface area contributed by atoms with Crippen molar-refractivity contribution in [2.45, 2.75) is 20.0 Å². The van der Waals surface area contributed by atoms with Crippen LogP contribution in [0.15, 0.2) is 42.5 Å². The minimum Gasteiger partial charge on any atom is -0.484 e. The van der Waals surface area contributed by atoms with Crippen LogP contribution in [0.5, 0.6) is 5.75 Å². The number of hydrogen-bond acceptors (Lipinski definition) is 4. The number of Topliss-reactive ketones (excluding diaryl/α,β-unsaturated/α-hetero) is 1. The molecule has 0 aliphatic rings. The van der Waals surface area contributed by atoms with Gasteiger partial charge in [0.1, 0.15) is 12.3 Å². The highest BCUT2D eigenvalue weighted by Gasteiger charge is 2.28. The summed E-state index contributed by atoms with van der Waals surface area (Å²) < 4.78 is 42.1. The summed E-state index contributed by atoms with van der Waals surface area (Å²) in [6, 6.07) is 10.5. The largest absolute Gasteiger partial charge is 0.484 e. The molecule has 29 heavy (non-hydrogen) atoms. The quantitative estimate of drug-likeness (QED) is 0.687. The van der Waals surface area contributed by atoms with Gasteiger partial charge in [0, 0.05) is 16.8 Å². The zero-order valence-electron chi connectivity index (χ0n) is 15.7. The van der Waals surface area contributed by atoms with E-state index >= 15 is 0 Å². The van der Waals surface area contributed by atoms with Crippen molar-refractivity contribution in [3.8, 4) is 5.75 Å². The van der Waals surface area contributed by atoms with Gasteiger partial charge in [-0.15, -0.1) is 0 Å². The first-order chi connectivity index (χ1) is 13.5. The molecule has 0 heterocycles. The molecule has 0 aliphatic carbocycles. The van der Waals surface area contributed by atoms with E-state index in [9.17, 15) is 27.6 Å². The first kappa shape index (κ1) is 21.9. The van der Waals surface area contributed by atoms with E-state index in [4.69, 9.17) is 4.74 Å². The van der Waals surface area contributed by atoms with Gasteiger partial charge in [-0.1, -0.05) is 18.2 Å². The normalized spacial score (nSPS) is 10.9. The van der Waals surface area contributed by atoms with Crippen molar-refractivity contribution in [3.05, 3.63) is 59.2 Å². The highest BCUT2D eigenvalue weighted by molar-refractivity contribution is 5.98. The van der Waals surface area contributed by atoms with Crippen LogP contribution in [0.3, 0.4) is 0 Å². The maximum Gasteiger partial charge on any atom is 0.405 e. The molecular formula is C20H19F3N2O4. The molecule has 154 valence electrons. The lowest BCUT2D eigenvalue weighted by atomic mass is 10.1. The topological polar surface area (TPSA) is 84.5 Å². The lowest BCUT2D eigenvalue weighted by Crippen LogP contribution is -2.33. The molecule has 0 atom stereocenters. The van der Waals surface area contributed by atoms with Gasteiger partial charge in [0.2, 0.25) is 0 Å². The number of anilines is 1. The molecule has 0 saturated heterocycles. The molecule has 9 heteroatoms. The van der Waals surface area contributed by atoms with Crippen molar-refractivity contribution in [2.24, 2.45) is 0 Å². The van der Waals surface area contributed by atoms with Crippen LogP contribution >= 0.6 is 0 Å². The Morgan fingerprint density at radius 2 is 1.76 bits per heavy atom. The van der Waals surface area contributed by atoms with Crippen LogP contribution in [0, 0.1) is 6.92 Å². The highest BCUT2D eigenvalue weighted by atomic mass is 19.4. The summed E-state index contributed by atoms with van der Waals surface area (Å²) in [7, 11) is 0. The Balaban J connectivity index is 2.00. The van der Waals surface area contributed by atoms with E-state index in [1.54, 1.807) is 30.4 Å². The molecule has 6 nitrogen and oxygen atoms in total. The molecule has 2 aromatic rings. The molecule has 0 fully saturated rings. The van der Waals surface area contributed by atoms with Gasteiger partial charge in [-0.05, 0) is 43.7 Å². The molecule has 0 saturated carbocycles. The smallest absolute Gasteiger partial charge is 0.405 e. The van der Waals surface area contributed by atoms with E-state index in [-0.39, 0.29) is 23.6 Å². The average molecular weight is 408 g/mol. The summed E-state index contributed by atoms with van der Waals surface area (Å²) >= 11 is 0. The number of aryl methyl sites for hydroxylation is 1. The standard InChI is InChI=1S/C20H19F3N2O4/c1-12-6-7-15(19(28)24-11-20(21,22)23)9-17(12)25-18(27)10-29-16-5-3-4-14(8-16)13(2)26/h3-9H,10-11H2,1-2H3,(H,24,28)(H,25,27). The maximum atomic E-state index is 12.2. The van der Waals surface area contributed by atoms with Gasteiger partial charge in [-0.3, -0.25) is 14.4 Å². The second-order valence-corrected chi connectivity index (χ2v) is 6.25. The highest BCUT2D eigenvalue weighted by Crippen LogP contribution is 2.19. The molecule has 2 N–H and O–H groups in total. The fourth-order valence-corrected chi connectivity index (χ4v) is 2.32. The molecular weight excluding hydrogens is 389 g/mol. The Bertz CT molecular complexity index is 926. The molecule has 0 aliphatic heterocycles. The van der Waals surface area contributed by atoms with Gasteiger partial charge in [0.05, 0.1) is 0 Å². The Labute approximate surface area is 165 Å². The van der Waals surface area contributed by atoms with Crippen LogP contribution in [0.1, 0.15) is 33.2 Å². The first-order valence-corrected chi connectivity index (χ1v) is 8.54. The van der Waals surface area contributed by atoms with Gasteiger partial charge in [-0.25, -0.2) is 0 Å². The average Bonchev–Trinajstić information content (AvgIpc) is 2.66. The number of hydrogen-bond donors (Lipinski definition) is 2. The zero-order chi connectivity index (χ0) is 21.6. The molecule has 2 aromatic carbocycles. The van der Waals surface area contributed by atoms with Gasteiger partial charge >= 0.3 is 6.18 Å². The Kier molecular flexibility index (Phi) is 6.98. The summed E-state index contributed by atoms with van der Waals surface area (Å²) in [6.07, 6.45) is -4.52. The summed E-state index contributed by atoms with van der Waals surface area (Å²) in [4.78, 5) is 35.4. The summed E-state index contributed by atoms with van der Waals surface area (Å²) in [6.45, 7) is 1.27. The molecule has 2 amide bonds. The number of halogens is 3. The summed E-state index contributed by atoms with van der Waals surface area (Å²) in [5, 5.41) is 4.32. The van der Waals surface area contributed by atoms with E-state index in [1.165, 1.54) is 31.2 Å². The lowest BCUT2D eigenvalue weighted by molar-refractivity contribution is -0.123. The fraction of sp³-hybridized carbons (Fsp3) is 0.250. The van der Waals surface area contributed by atoms with E-state index in [0.717, 1.165) is 0 Å². The number of carbonyl (C=O) groups is 3. The third-order valence-electron chi connectivity index (χ3n) is 3.83. The van der Waals surface area contributed by atoms with E-state index in [2.05, 4.69) is 5.32 Å². The molecule has 0 radical (unpaired) electrons. The van der Waals surface area contributed by atoms with Crippen LogP contribution in [0.2, 0.25) is 0 Å². The van der Waals surface area contributed by atoms with Crippen LogP contribution in [-0.2, 0) is 4.79 Å². The lowest BCUT2D eigenvalue weighted by Gasteiger charge is -2.12. The molecule has 0 bridgehead atoms. The van der Waals surface area contributed by atoms with Gasteiger partial charge in [0.15, 0.2) is 12.4 Å². The van der Waals surface area contributed by atoms with Crippen molar-refractivity contribution in [2.75, 3.05) is 18.5 Å². The van der Waals surface area contributed by atoms with Crippen molar-refractivity contribution < 1.29 is 32.3 Å². The van der Waals surface area contributed by atoms with E-state index in [1.807, 2.05) is 0 Å². The van der Waals surface area contributed by atoms with Crippen molar-refractivity contribution in [3.63, 3.8) is 0 Å². The predicted molar refractivity (Wildman–Crippen MR) is 100 cm³/mol. The minimum atomic E-state index is -4.52. The first-order valence-electron chi connectivity index (χ1n) is 8.54. The van der Waals surface area contributed by atoms with Gasteiger partial charge in [-0.2, -0.15) is 13.2 Å². The molecule has 2 rings (SSSR count). The van der Waals surface area contributed by atoms with Gasteiger partial charge < -0.3 is 15.4 Å². The van der Waals surface area contributed by atoms with E-state index in [0.29, 0.717) is 16.9 Å². The monoisotopic (exact) mass is 408 g/mol. The van der Waals surface area contributed by atoms with E-state index < -0.39 is 24.5 Å². The number of rotatable bonds is 7. The SMILES string of the molecule is CC(=O)c1cccc(OCC(=O)Nc2cc(C(=O)NCC(F)(F)F)ccc2C)c1. The van der Waals surface area contributed by atoms with Crippen molar-refractivity contribution in [1.29, 1.82) is 0 Å². The second kappa shape index (κ2) is 9.22. The Morgan fingerprint density at radius 1 is 1.03 bits per heavy atom. The third-order valence-corrected chi connectivity index (χ3v) is 3.83. The summed E-state index contributed by atoms with van der Waals surface area (Å²) in [5.41, 5.74) is 1.31. The number of benzene rings is 2. The van der Waals surface area contributed by atoms with Crippen molar-refractivity contribution >= 4 is 23.3 Å². The Morgan fingerprint density at radius 3 is 2.41 bits per heavy atom. The van der Waals surface area contributed by atoms with Crippen LogP contribution in [0.4, 0.5) is 18.9 Å². The molecule has 0 unspecified atom stereocenters. The third kappa shape index (κ3) is 6.95. The number of alkyl halides is 3. The number of nitrogens with one attached hydrogen (secondary N) is 2.